The zero-order valence-corrected chi connectivity index (χ0v) is 15.2. The minimum Gasteiger partial charge on any atom is -0.335 e. The maximum absolute atomic E-state index is 12.0. The molecule has 1 aromatic heterocycles. The molecule has 2 N–H and O–H groups in total. The van der Waals surface area contributed by atoms with E-state index in [9.17, 15) is 4.79 Å². The number of nitrogens with one attached hydrogen (secondary N) is 2. The van der Waals surface area contributed by atoms with Crippen molar-refractivity contribution >= 4 is 23.3 Å². The third-order valence-corrected chi connectivity index (χ3v) is 4.10. The second-order valence-corrected chi connectivity index (χ2v) is 6.36. The number of nitrogens with zero attached hydrogens (tertiary/aromatic N) is 2. The van der Waals surface area contributed by atoms with E-state index in [-0.39, 0.29) is 12.1 Å². The summed E-state index contributed by atoms with van der Waals surface area (Å²) in [4.78, 5) is 16.4. The molecule has 26 heavy (non-hydrogen) atoms. The van der Waals surface area contributed by atoms with Crippen LogP contribution in [0.5, 0.6) is 0 Å². The summed E-state index contributed by atoms with van der Waals surface area (Å²) < 4.78 is 5.33. The molecule has 0 radical (unpaired) electrons. The number of hydrogen-bond acceptors (Lipinski definition) is 4. The Morgan fingerprint density at radius 2 is 1.96 bits per heavy atom. The third-order valence-electron chi connectivity index (χ3n) is 3.87. The van der Waals surface area contributed by atoms with Crippen molar-refractivity contribution in [2.24, 2.45) is 0 Å². The van der Waals surface area contributed by atoms with Crippen molar-refractivity contribution in [2.45, 2.75) is 26.3 Å². The van der Waals surface area contributed by atoms with Gasteiger partial charge in [0.2, 0.25) is 5.82 Å². The molecular formula is C19H19ClN4O2. The van der Waals surface area contributed by atoms with Gasteiger partial charge < -0.3 is 15.2 Å². The van der Waals surface area contributed by atoms with E-state index in [1.807, 2.05) is 38.1 Å². The zero-order valence-electron chi connectivity index (χ0n) is 14.5. The van der Waals surface area contributed by atoms with E-state index in [4.69, 9.17) is 16.1 Å². The lowest BCUT2D eigenvalue weighted by atomic mass is 10.2. The quantitative estimate of drug-likeness (QED) is 0.664. The number of rotatable bonds is 5. The molecule has 3 rings (SSSR count). The first-order chi connectivity index (χ1) is 12.5. The number of halogens is 1. The Labute approximate surface area is 156 Å². The molecule has 2 aromatic carbocycles. The Hall–Kier alpha value is -2.86. The van der Waals surface area contributed by atoms with Crippen molar-refractivity contribution < 1.29 is 9.32 Å². The van der Waals surface area contributed by atoms with E-state index in [1.165, 1.54) is 0 Å². The largest absolute Gasteiger partial charge is 0.335 e. The molecule has 0 aliphatic carbocycles. The van der Waals surface area contributed by atoms with Gasteiger partial charge in [0.15, 0.2) is 0 Å². The fourth-order valence-electron chi connectivity index (χ4n) is 2.31. The van der Waals surface area contributed by atoms with Crippen molar-refractivity contribution in [1.82, 2.24) is 15.5 Å². The van der Waals surface area contributed by atoms with Crippen LogP contribution >= 0.6 is 11.6 Å². The first-order valence-corrected chi connectivity index (χ1v) is 8.70. The molecule has 0 saturated heterocycles. The Balaban J connectivity index is 1.77. The Morgan fingerprint density at radius 3 is 2.73 bits per heavy atom. The van der Waals surface area contributed by atoms with Gasteiger partial charge in [-0.3, -0.25) is 0 Å². The highest BCUT2D eigenvalue weighted by atomic mass is 35.5. The highest BCUT2D eigenvalue weighted by molar-refractivity contribution is 6.30. The van der Waals surface area contributed by atoms with Gasteiger partial charge in [0, 0.05) is 27.9 Å². The van der Waals surface area contributed by atoms with E-state index < -0.39 is 0 Å². The smallest absolute Gasteiger partial charge is 0.319 e. The van der Waals surface area contributed by atoms with Crippen LogP contribution < -0.4 is 10.6 Å². The van der Waals surface area contributed by atoms with Crippen molar-refractivity contribution in [1.29, 1.82) is 0 Å². The summed E-state index contributed by atoms with van der Waals surface area (Å²) in [7, 11) is 0. The van der Waals surface area contributed by atoms with E-state index in [0.29, 0.717) is 22.4 Å². The summed E-state index contributed by atoms with van der Waals surface area (Å²) in [5.41, 5.74) is 2.14. The number of anilines is 1. The molecule has 1 unspecified atom stereocenters. The lowest BCUT2D eigenvalue weighted by molar-refractivity contribution is 0.249. The molecule has 0 saturated carbocycles. The van der Waals surface area contributed by atoms with E-state index in [0.717, 1.165) is 17.5 Å². The number of urea groups is 1. The van der Waals surface area contributed by atoms with Crippen LogP contribution in [0.2, 0.25) is 5.02 Å². The summed E-state index contributed by atoms with van der Waals surface area (Å²) in [5, 5.41) is 10.3. The molecule has 6 nitrogen and oxygen atoms in total. The van der Waals surface area contributed by atoms with Gasteiger partial charge in [0.25, 0.3) is 5.89 Å². The summed E-state index contributed by atoms with van der Waals surface area (Å²) >= 11 is 6.00. The maximum atomic E-state index is 12.0. The molecule has 0 aliphatic heterocycles. The topological polar surface area (TPSA) is 80.0 Å². The Kier molecular flexibility index (Phi) is 5.53. The number of carbonyl (C=O) groups excluding carboxylic acids is 1. The molecule has 134 valence electrons. The third kappa shape index (κ3) is 4.40. The van der Waals surface area contributed by atoms with Gasteiger partial charge in [-0.05, 0) is 43.7 Å². The highest BCUT2D eigenvalue weighted by Crippen LogP contribution is 2.25. The van der Waals surface area contributed by atoms with Crippen molar-refractivity contribution in [3.63, 3.8) is 0 Å². The van der Waals surface area contributed by atoms with Crippen LogP contribution in [0, 0.1) is 0 Å². The van der Waals surface area contributed by atoms with Crippen LogP contribution in [-0.2, 0) is 0 Å². The minimum absolute atomic E-state index is 0.107. The molecule has 1 atom stereocenters. The number of carbonyl (C=O) groups is 1. The first kappa shape index (κ1) is 17.9. The monoisotopic (exact) mass is 370 g/mol. The first-order valence-electron chi connectivity index (χ1n) is 8.32. The van der Waals surface area contributed by atoms with Gasteiger partial charge in [-0.2, -0.15) is 4.98 Å². The predicted molar refractivity (Wildman–Crippen MR) is 102 cm³/mol. The number of aromatic nitrogens is 2. The SMILES string of the molecule is CCC(C)NC(=O)Nc1cccc(-c2noc(-c3cccc(Cl)c3)n2)c1. The van der Waals surface area contributed by atoms with Crippen molar-refractivity contribution in [3.05, 3.63) is 53.6 Å². The lowest BCUT2D eigenvalue weighted by Crippen LogP contribution is -2.35. The molecule has 2 amide bonds. The van der Waals surface area contributed by atoms with Crippen LogP contribution in [0.1, 0.15) is 20.3 Å². The molecule has 0 aliphatic rings. The average Bonchev–Trinajstić information content (AvgIpc) is 3.12. The fraction of sp³-hybridized carbons (Fsp3) is 0.211. The van der Waals surface area contributed by atoms with E-state index in [1.54, 1.807) is 24.3 Å². The molecule has 0 fully saturated rings. The summed E-state index contributed by atoms with van der Waals surface area (Å²) in [6.45, 7) is 3.96. The number of amides is 2. The van der Waals surface area contributed by atoms with Gasteiger partial charge in [0.1, 0.15) is 0 Å². The maximum Gasteiger partial charge on any atom is 0.319 e. The number of hydrogen-bond donors (Lipinski definition) is 2. The van der Waals surface area contributed by atoms with Crippen molar-refractivity contribution in [3.8, 4) is 22.8 Å². The normalized spacial score (nSPS) is 11.8. The molecular weight excluding hydrogens is 352 g/mol. The summed E-state index contributed by atoms with van der Waals surface area (Å²) in [6, 6.07) is 14.3. The Bertz CT molecular complexity index is 910. The molecule has 1 heterocycles. The van der Waals surface area contributed by atoms with Crippen LogP contribution in [0.3, 0.4) is 0 Å². The second kappa shape index (κ2) is 8.01. The average molecular weight is 371 g/mol. The molecule has 7 heteroatoms. The van der Waals surface area contributed by atoms with Gasteiger partial charge in [0.05, 0.1) is 0 Å². The summed E-state index contributed by atoms with van der Waals surface area (Å²) in [5.74, 6) is 0.821. The predicted octanol–water partition coefficient (Wildman–Crippen LogP) is 4.98. The minimum atomic E-state index is -0.246. The van der Waals surface area contributed by atoms with E-state index >= 15 is 0 Å². The summed E-state index contributed by atoms with van der Waals surface area (Å²) in [6.07, 6.45) is 0.864. The van der Waals surface area contributed by atoms with Crippen LogP contribution in [0.4, 0.5) is 10.5 Å². The van der Waals surface area contributed by atoms with Crippen molar-refractivity contribution in [2.75, 3.05) is 5.32 Å². The van der Waals surface area contributed by atoms with Crippen LogP contribution in [-0.4, -0.2) is 22.2 Å². The van der Waals surface area contributed by atoms with Gasteiger partial charge in [-0.25, -0.2) is 4.79 Å². The standard InChI is InChI=1S/C19H19ClN4O2/c1-3-12(2)21-19(25)22-16-9-5-6-13(11-16)17-23-18(26-24-17)14-7-4-8-15(20)10-14/h4-12H,3H2,1-2H3,(H2,21,22,25). The van der Waals surface area contributed by atoms with Gasteiger partial charge in [-0.1, -0.05) is 41.9 Å². The molecule has 0 spiro atoms. The fourth-order valence-corrected chi connectivity index (χ4v) is 2.50. The number of benzene rings is 2. The zero-order chi connectivity index (χ0) is 18.5. The van der Waals surface area contributed by atoms with Gasteiger partial charge >= 0.3 is 6.03 Å². The van der Waals surface area contributed by atoms with Crippen LogP contribution in [0.15, 0.2) is 53.1 Å². The van der Waals surface area contributed by atoms with E-state index in [2.05, 4.69) is 20.8 Å². The van der Waals surface area contributed by atoms with Crippen LogP contribution in [0.25, 0.3) is 22.8 Å². The van der Waals surface area contributed by atoms with Gasteiger partial charge in [-0.15, -0.1) is 0 Å². The lowest BCUT2D eigenvalue weighted by Gasteiger charge is -2.12. The highest BCUT2D eigenvalue weighted by Gasteiger charge is 2.12. The Morgan fingerprint density at radius 1 is 1.19 bits per heavy atom. The molecule has 3 aromatic rings. The molecule has 0 bridgehead atoms. The second-order valence-electron chi connectivity index (χ2n) is 5.92.